The fourth-order valence-electron chi connectivity index (χ4n) is 1.41. The number of nitrogens with one attached hydrogen (secondary N) is 1. The number of ether oxygens (including phenoxy) is 1. The summed E-state index contributed by atoms with van der Waals surface area (Å²) in [5.41, 5.74) is 0. The molecule has 1 aliphatic carbocycles. The Morgan fingerprint density at radius 2 is 2.25 bits per heavy atom. The van der Waals surface area contributed by atoms with E-state index in [0.29, 0.717) is 0 Å². The molecule has 0 saturated heterocycles. The van der Waals surface area contributed by atoms with Gasteiger partial charge in [0.2, 0.25) is 0 Å². The van der Waals surface area contributed by atoms with E-state index < -0.39 is 0 Å². The van der Waals surface area contributed by atoms with Crippen molar-refractivity contribution < 1.29 is 4.74 Å². The summed E-state index contributed by atoms with van der Waals surface area (Å²) in [7, 11) is 0. The Labute approximate surface area is 75.7 Å². The van der Waals surface area contributed by atoms with Crippen LogP contribution in [0.15, 0.2) is 0 Å². The van der Waals surface area contributed by atoms with Crippen molar-refractivity contribution in [2.75, 3.05) is 26.3 Å². The van der Waals surface area contributed by atoms with Crippen LogP contribution in [0.1, 0.15) is 26.7 Å². The minimum Gasteiger partial charge on any atom is -0.382 e. The number of hydrogen-bond acceptors (Lipinski definition) is 2. The molecule has 72 valence electrons. The van der Waals surface area contributed by atoms with Crippen molar-refractivity contribution in [2.45, 2.75) is 26.7 Å². The van der Waals surface area contributed by atoms with Crippen molar-refractivity contribution in [3.63, 3.8) is 0 Å². The molecular weight excluding hydrogens is 150 g/mol. The average molecular weight is 171 g/mol. The van der Waals surface area contributed by atoms with Gasteiger partial charge in [0.05, 0.1) is 0 Å². The maximum atomic E-state index is 5.24. The van der Waals surface area contributed by atoms with Gasteiger partial charge in [-0.3, -0.25) is 0 Å². The predicted molar refractivity (Wildman–Crippen MR) is 51.3 cm³/mol. The standard InChI is InChI=1S/C10H21NO/c1-3-12-6-4-5-11-8-10-7-9(10)2/h9-11H,3-8H2,1-2H3. The van der Waals surface area contributed by atoms with Crippen LogP contribution < -0.4 is 5.32 Å². The molecule has 1 N–H and O–H groups in total. The summed E-state index contributed by atoms with van der Waals surface area (Å²) in [5.74, 6) is 1.95. The molecule has 1 rings (SSSR count). The van der Waals surface area contributed by atoms with E-state index in [9.17, 15) is 0 Å². The van der Waals surface area contributed by atoms with E-state index in [1.807, 2.05) is 6.92 Å². The molecule has 0 aromatic rings. The van der Waals surface area contributed by atoms with Crippen LogP contribution >= 0.6 is 0 Å². The van der Waals surface area contributed by atoms with Crippen molar-refractivity contribution >= 4 is 0 Å². The largest absolute Gasteiger partial charge is 0.382 e. The van der Waals surface area contributed by atoms with Crippen molar-refractivity contribution in [1.29, 1.82) is 0 Å². The van der Waals surface area contributed by atoms with Gasteiger partial charge in [-0.05, 0) is 44.7 Å². The lowest BCUT2D eigenvalue weighted by molar-refractivity contribution is 0.144. The maximum Gasteiger partial charge on any atom is 0.0477 e. The number of rotatable bonds is 7. The molecule has 0 aliphatic heterocycles. The average Bonchev–Trinajstić information content (AvgIpc) is 2.74. The van der Waals surface area contributed by atoms with Crippen LogP contribution in [0, 0.1) is 11.8 Å². The third kappa shape index (κ3) is 4.07. The third-order valence-corrected chi connectivity index (χ3v) is 2.53. The van der Waals surface area contributed by atoms with Gasteiger partial charge < -0.3 is 10.1 Å². The first kappa shape index (κ1) is 10.0. The minimum atomic E-state index is 0.847. The van der Waals surface area contributed by atoms with Crippen molar-refractivity contribution in [3.05, 3.63) is 0 Å². The summed E-state index contributed by atoms with van der Waals surface area (Å²) in [4.78, 5) is 0. The van der Waals surface area contributed by atoms with Gasteiger partial charge in [-0.1, -0.05) is 6.92 Å². The Balaban J connectivity index is 1.72. The van der Waals surface area contributed by atoms with E-state index in [1.165, 1.54) is 13.0 Å². The van der Waals surface area contributed by atoms with E-state index in [0.717, 1.165) is 38.0 Å². The molecule has 0 amide bonds. The SMILES string of the molecule is CCOCCCNCC1CC1C. The highest BCUT2D eigenvalue weighted by Gasteiger charge is 2.31. The van der Waals surface area contributed by atoms with E-state index in [-0.39, 0.29) is 0 Å². The molecule has 0 spiro atoms. The van der Waals surface area contributed by atoms with Gasteiger partial charge in [-0.25, -0.2) is 0 Å². The Morgan fingerprint density at radius 1 is 1.50 bits per heavy atom. The molecule has 2 heteroatoms. The van der Waals surface area contributed by atoms with Crippen LogP contribution in [0.25, 0.3) is 0 Å². The molecule has 1 saturated carbocycles. The molecule has 1 fully saturated rings. The summed E-state index contributed by atoms with van der Waals surface area (Å²) >= 11 is 0. The second-order valence-corrected chi connectivity index (χ2v) is 3.73. The summed E-state index contributed by atoms with van der Waals surface area (Å²) in [5, 5.41) is 3.46. The molecule has 0 heterocycles. The molecule has 0 radical (unpaired) electrons. The monoisotopic (exact) mass is 171 g/mol. The van der Waals surface area contributed by atoms with Crippen molar-refractivity contribution in [1.82, 2.24) is 5.32 Å². The zero-order valence-electron chi connectivity index (χ0n) is 8.31. The highest BCUT2D eigenvalue weighted by atomic mass is 16.5. The second kappa shape index (κ2) is 5.55. The molecule has 2 atom stereocenters. The summed E-state index contributed by atoms with van der Waals surface area (Å²) in [6.45, 7) is 8.45. The fourth-order valence-corrected chi connectivity index (χ4v) is 1.41. The van der Waals surface area contributed by atoms with Crippen molar-refractivity contribution in [3.8, 4) is 0 Å². The molecule has 0 aromatic carbocycles. The smallest absolute Gasteiger partial charge is 0.0477 e. The van der Waals surface area contributed by atoms with E-state index >= 15 is 0 Å². The predicted octanol–water partition coefficient (Wildman–Crippen LogP) is 1.66. The summed E-state index contributed by atoms with van der Waals surface area (Å²) in [6.07, 6.45) is 2.58. The Kier molecular flexibility index (Phi) is 4.62. The first-order chi connectivity index (χ1) is 5.84. The first-order valence-corrected chi connectivity index (χ1v) is 5.13. The van der Waals surface area contributed by atoms with E-state index in [4.69, 9.17) is 4.74 Å². The number of hydrogen-bond donors (Lipinski definition) is 1. The summed E-state index contributed by atoms with van der Waals surface area (Å²) < 4.78 is 5.24. The molecular formula is C10H21NO. The molecule has 2 unspecified atom stereocenters. The normalized spacial score (nSPS) is 27.5. The Morgan fingerprint density at radius 3 is 2.83 bits per heavy atom. The maximum absolute atomic E-state index is 5.24. The van der Waals surface area contributed by atoms with Crippen LogP contribution in [-0.2, 0) is 4.74 Å². The van der Waals surface area contributed by atoms with E-state index in [2.05, 4.69) is 12.2 Å². The van der Waals surface area contributed by atoms with Gasteiger partial charge in [0, 0.05) is 13.2 Å². The first-order valence-electron chi connectivity index (χ1n) is 5.13. The molecule has 0 aromatic heterocycles. The van der Waals surface area contributed by atoms with Crippen LogP contribution in [-0.4, -0.2) is 26.3 Å². The highest BCUT2D eigenvalue weighted by Crippen LogP contribution is 2.36. The lowest BCUT2D eigenvalue weighted by Gasteiger charge is -2.03. The van der Waals surface area contributed by atoms with Crippen LogP contribution in [0.3, 0.4) is 0 Å². The van der Waals surface area contributed by atoms with Gasteiger partial charge in [-0.2, -0.15) is 0 Å². The van der Waals surface area contributed by atoms with Gasteiger partial charge in [0.1, 0.15) is 0 Å². The quantitative estimate of drug-likeness (QED) is 0.588. The van der Waals surface area contributed by atoms with Crippen LogP contribution in [0.5, 0.6) is 0 Å². The van der Waals surface area contributed by atoms with Crippen molar-refractivity contribution in [2.24, 2.45) is 11.8 Å². The summed E-state index contributed by atoms with van der Waals surface area (Å²) in [6, 6.07) is 0. The van der Waals surface area contributed by atoms with Gasteiger partial charge >= 0.3 is 0 Å². The lowest BCUT2D eigenvalue weighted by Crippen LogP contribution is -2.19. The lowest BCUT2D eigenvalue weighted by atomic mass is 10.3. The van der Waals surface area contributed by atoms with Gasteiger partial charge in [-0.15, -0.1) is 0 Å². The minimum absolute atomic E-state index is 0.847. The zero-order valence-corrected chi connectivity index (χ0v) is 8.31. The molecule has 2 nitrogen and oxygen atoms in total. The zero-order chi connectivity index (χ0) is 8.81. The van der Waals surface area contributed by atoms with Gasteiger partial charge in [0.15, 0.2) is 0 Å². The van der Waals surface area contributed by atoms with Gasteiger partial charge in [0.25, 0.3) is 0 Å². The Bertz CT molecular complexity index is 116. The topological polar surface area (TPSA) is 21.3 Å². The second-order valence-electron chi connectivity index (χ2n) is 3.73. The Hall–Kier alpha value is -0.0800. The molecule has 1 aliphatic rings. The fraction of sp³-hybridized carbons (Fsp3) is 1.00. The van der Waals surface area contributed by atoms with E-state index in [1.54, 1.807) is 0 Å². The van der Waals surface area contributed by atoms with Crippen LogP contribution in [0.4, 0.5) is 0 Å². The molecule has 0 bridgehead atoms. The van der Waals surface area contributed by atoms with Crippen LogP contribution in [0.2, 0.25) is 0 Å². The third-order valence-electron chi connectivity index (χ3n) is 2.53. The highest BCUT2D eigenvalue weighted by molar-refractivity contribution is 4.83. The molecule has 12 heavy (non-hydrogen) atoms.